The van der Waals surface area contributed by atoms with Gasteiger partial charge in [-0.15, -0.1) is 12.4 Å². The first-order valence-electron chi connectivity index (χ1n) is 5.43. The first-order valence-corrected chi connectivity index (χ1v) is 5.43. The largest absolute Gasteiger partial charge is 0.455 e. The minimum Gasteiger partial charge on any atom is -0.358 e. The SMILES string of the molecule is Cc1[nH]c2ccccc2c1[C@@H](N)C(F)(F)C(F)(F)F.Cl. The van der Waals surface area contributed by atoms with Crippen molar-refractivity contribution in [2.45, 2.75) is 25.1 Å². The third-order valence-corrected chi connectivity index (χ3v) is 3.02. The number of alkyl halides is 5. The molecule has 2 nitrogen and oxygen atoms in total. The maximum atomic E-state index is 13.3. The molecule has 0 spiro atoms. The van der Waals surface area contributed by atoms with E-state index in [-0.39, 0.29) is 29.1 Å². The fraction of sp³-hybridized carbons (Fsp3) is 0.333. The molecule has 0 saturated heterocycles. The number of fused-ring (bicyclic) bond motifs is 1. The van der Waals surface area contributed by atoms with Crippen molar-refractivity contribution < 1.29 is 22.0 Å². The van der Waals surface area contributed by atoms with Crippen LogP contribution >= 0.6 is 12.4 Å². The number of halogens is 6. The molecule has 3 N–H and O–H groups in total. The maximum Gasteiger partial charge on any atom is 0.455 e. The van der Waals surface area contributed by atoms with Crippen molar-refractivity contribution in [3.8, 4) is 0 Å². The van der Waals surface area contributed by atoms with Gasteiger partial charge >= 0.3 is 12.1 Å². The van der Waals surface area contributed by atoms with Crippen LogP contribution in [-0.2, 0) is 0 Å². The Hall–Kier alpha value is -1.34. The molecule has 20 heavy (non-hydrogen) atoms. The molecule has 0 aliphatic rings. The molecule has 0 radical (unpaired) electrons. The lowest BCUT2D eigenvalue weighted by molar-refractivity contribution is -0.290. The van der Waals surface area contributed by atoms with Crippen molar-refractivity contribution >= 4 is 23.3 Å². The molecule has 1 heterocycles. The molecular weight excluding hydrogens is 303 g/mol. The van der Waals surface area contributed by atoms with Crippen molar-refractivity contribution in [3.63, 3.8) is 0 Å². The number of para-hydroxylation sites is 1. The van der Waals surface area contributed by atoms with Gasteiger partial charge in [0.05, 0.1) is 0 Å². The fourth-order valence-electron chi connectivity index (χ4n) is 2.06. The number of nitrogens with one attached hydrogen (secondary N) is 1. The van der Waals surface area contributed by atoms with E-state index in [1.807, 2.05) is 0 Å². The molecule has 0 aliphatic carbocycles. The normalized spacial score (nSPS) is 14.2. The number of aryl methyl sites for hydroxylation is 1. The summed E-state index contributed by atoms with van der Waals surface area (Å²) in [6.07, 6.45) is -5.68. The Bertz CT molecular complexity index is 605. The van der Waals surface area contributed by atoms with E-state index in [4.69, 9.17) is 5.73 Å². The summed E-state index contributed by atoms with van der Waals surface area (Å²) < 4.78 is 63.8. The number of rotatable bonds is 2. The van der Waals surface area contributed by atoms with Crippen LogP contribution in [0.4, 0.5) is 22.0 Å². The van der Waals surface area contributed by atoms with Crippen LogP contribution in [0.5, 0.6) is 0 Å². The summed E-state index contributed by atoms with van der Waals surface area (Å²) in [7, 11) is 0. The first-order chi connectivity index (χ1) is 8.66. The Morgan fingerprint density at radius 2 is 1.65 bits per heavy atom. The fourth-order valence-corrected chi connectivity index (χ4v) is 2.06. The second-order valence-corrected chi connectivity index (χ2v) is 4.31. The van der Waals surface area contributed by atoms with Crippen LogP contribution in [0.2, 0.25) is 0 Å². The molecule has 1 atom stereocenters. The third-order valence-electron chi connectivity index (χ3n) is 3.02. The Kier molecular flexibility index (Phi) is 4.36. The summed E-state index contributed by atoms with van der Waals surface area (Å²) in [6, 6.07) is 3.81. The topological polar surface area (TPSA) is 41.8 Å². The number of hydrogen-bond acceptors (Lipinski definition) is 1. The second kappa shape index (κ2) is 5.21. The van der Waals surface area contributed by atoms with Gasteiger partial charge in [0.15, 0.2) is 0 Å². The van der Waals surface area contributed by atoms with E-state index in [1.165, 1.54) is 13.0 Å². The average Bonchev–Trinajstić information content (AvgIpc) is 2.62. The Labute approximate surface area is 117 Å². The van der Waals surface area contributed by atoms with E-state index in [9.17, 15) is 22.0 Å². The van der Waals surface area contributed by atoms with Crippen LogP contribution in [0.3, 0.4) is 0 Å². The molecule has 0 aliphatic heterocycles. The van der Waals surface area contributed by atoms with E-state index < -0.39 is 18.1 Å². The molecule has 1 aromatic heterocycles. The molecule has 0 unspecified atom stereocenters. The Morgan fingerprint density at radius 3 is 2.20 bits per heavy atom. The lowest BCUT2D eigenvalue weighted by atomic mass is 9.98. The van der Waals surface area contributed by atoms with Crippen LogP contribution in [0.15, 0.2) is 24.3 Å². The second-order valence-electron chi connectivity index (χ2n) is 4.31. The summed E-state index contributed by atoms with van der Waals surface area (Å²) in [5.41, 5.74) is 5.65. The van der Waals surface area contributed by atoms with Gasteiger partial charge < -0.3 is 10.7 Å². The quantitative estimate of drug-likeness (QED) is 0.805. The standard InChI is InChI=1S/C12H11F5N2.ClH/c1-6-9(7-4-2-3-5-8(7)19-6)10(18)11(13,14)12(15,16)17;/h2-5,10,19H,18H2,1H3;1H/t10-;/m1./s1. The number of hydrogen-bond donors (Lipinski definition) is 2. The lowest BCUT2D eigenvalue weighted by Gasteiger charge is -2.26. The number of H-pyrrole nitrogens is 1. The summed E-state index contributed by atoms with van der Waals surface area (Å²) in [5.74, 6) is -4.98. The lowest BCUT2D eigenvalue weighted by Crippen LogP contribution is -2.46. The van der Waals surface area contributed by atoms with Gasteiger partial charge in [0.2, 0.25) is 0 Å². The molecule has 0 fully saturated rings. The summed E-state index contributed by atoms with van der Waals surface area (Å²) in [5, 5.41) is 0.274. The molecule has 112 valence electrons. The predicted molar refractivity (Wildman–Crippen MR) is 68.2 cm³/mol. The zero-order valence-corrected chi connectivity index (χ0v) is 11.1. The van der Waals surface area contributed by atoms with Crippen LogP contribution in [-0.4, -0.2) is 17.1 Å². The van der Waals surface area contributed by atoms with Crippen molar-refractivity contribution in [2.75, 3.05) is 0 Å². The Balaban J connectivity index is 0.00000200. The average molecular weight is 315 g/mol. The predicted octanol–water partition coefficient (Wildman–Crippen LogP) is 4.10. The smallest absolute Gasteiger partial charge is 0.358 e. The number of benzene rings is 1. The van der Waals surface area contributed by atoms with E-state index >= 15 is 0 Å². The maximum absolute atomic E-state index is 13.3. The van der Waals surface area contributed by atoms with Gasteiger partial charge in [0.25, 0.3) is 0 Å². The first kappa shape index (κ1) is 16.7. The molecule has 2 aromatic rings. The highest BCUT2D eigenvalue weighted by atomic mass is 35.5. The highest BCUT2D eigenvalue weighted by Crippen LogP contribution is 2.45. The van der Waals surface area contributed by atoms with Gasteiger partial charge in [-0.25, -0.2) is 0 Å². The van der Waals surface area contributed by atoms with Crippen molar-refractivity contribution in [2.24, 2.45) is 5.73 Å². The van der Waals surface area contributed by atoms with Gasteiger partial charge in [0.1, 0.15) is 6.04 Å². The number of nitrogens with two attached hydrogens (primary N) is 1. The molecule has 1 aromatic carbocycles. The van der Waals surface area contributed by atoms with Crippen molar-refractivity contribution in [3.05, 3.63) is 35.5 Å². The van der Waals surface area contributed by atoms with Crippen LogP contribution < -0.4 is 5.73 Å². The molecule has 2 rings (SSSR count). The molecule has 8 heteroatoms. The van der Waals surface area contributed by atoms with E-state index in [1.54, 1.807) is 18.2 Å². The van der Waals surface area contributed by atoms with E-state index in [0.29, 0.717) is 5.52 Å². The minimum absolute atomic E-state index is 0. The number of aromatic amines is 1. The van der Waals surface area contributed by atoms with E-state index in [2.05, 4.69) is 4.98 Å². The monoisotopic (exact) mass is 314 g/mol. The zero-order chi connectivity index (χ0) is 14.4. The molecule has 0 amide bonds. The summed E-state index contributed by atoms with van der Waals surface area (Å²) in [4.78, 5) is 2.75. The minimum atomic E-state index is -5.68. The van der Waals surface area contributed by atoms with Crippen LogP contribution in [0.25, 0.3) is 10.9 Å². The Morgan fingerprint density at radius 1 is 1.10 bits per heavy atom. The molecule has 0 bridgehead atoms. The van der Waals surface area contributed by atoms with Crippen molar-refractivity contribution in [1.29, 1.82) is 0 Å². The van der Waals surface area contributed by atoms with Gasteiger partial charge in [-0.2, -0.15) is 22.0 Å². The number of aromatic nitrogens is 1. The van der Waals surface area contributed by atoms with Gasteiger partial charge in [-0.05, 0) is 13.0 Å². The van der Waals surface area contributed by atoms with Crippen molar-refractivity contribution in [1.82, 2.24) is 4.98 Å². The van der Waals surface area contributed by atoms with Crippen LogP contribution in [0.1, 0.15) is 17.3 Å². The van der Waals surface area contributed by atoms with Gasteiger partial charge in [-0.3, -0.25) is 0 Å². The van der Waals surface area contributed by atoms with Crippen LogP contribution in [0, 0.1) is 6.92 Å². The third kappa shape index (κ3) is 2.47. The molecule has 0 saturated carbocycles. The summed E-state index contributed by atoms with van der Waals surface area (Å²) >= 11 is 0. The summed E-state index contributed by atoms with van der Waals surface area (Å²) in [6.45, 7) is 1.42. The zero-order valence-electron chi connectivity index (χ0n) is 10.3. The van der Waals surface area contributed by atoms with E-state index in [0.717, 1.165) is 0 Å². The highest BCUT2D eigenvalue weighted by molar-refractivity contribution is 5.85. The molecular formula is C12H12ClF5N2. The van der Waals surface area contributed by atoms with Gasteiger partial charge in [0, 0.05) is 22.2 Å². The highest BCUT2D eigenvalue weighted by Gasteiger charge is 2.62. The van der Waals surface area contributed by atoms with Gasteiger partial charge in [-0.1, -0.05) is 18.2 Å².